The van der Waals surface area contributed by atoms with Crippen LogP contribution in [0, 0.1) is 0 Å². The van der Waals surface area contributed by atoms with E-state index in [2.05, 4.69) is 6.92 Å². The molecule has 0 heterocycles. The predicted molar refractivity (Wildman–Crippen MR) is 55.5 cm³/mol. The lowest BCUT2D eigenvalue weighted by Crippen LogP contribution is -2.21. The summed E-state index contributed by atoms with van der Waals surface area (Å²) in [7, 11) is 0. The molecule has 0 saturated carbocycles. The molecule has 2 N–H and O–H groups in total. The molecule has 0 atom stereocenters. The van der Waals surface area contributed by atoms with Crippen LogP contribution in [0.2, 0.25) is 0 Å². The average Bonchev–Trinajstić information content (AvgIpc) is 1.84. The molecule has 13 heavy (non-hydrogen) atoms. The summed E-state index contributed by atoms with van der Waals surface area (Å²) < 4.78 is 4.80. The highest BCUT2D eigenvalue weighted by atomic mass is 16.6. The number of ether oxygens (including phenoxy) is 1. The van der Waals surface area contributed by atoms with Gasteiger partial charge in [0.25, 0.3) is 0 Å². The lowest BCUT2D eigenvalue weighted by atomic mass is 10.2. The van der Waals surface area contributed by atoms with E-state index < -0.39 is 0 Å². The molecule has 0 aliphatic rings. The van der Waals surface area contributed by atoms with Gasteiger partial charge in [-0.1, -0.05) is 13.3 Å². The van der Waals surface area contributed by atoms with Gasteiger partial charge in [0.2, 0.25) is 0 Å². The Labute approximate surface area is 81.6 Å². The van der Waals surface area contributed by atoms with Crippen molar-refractivity contribution in [2.45, 2.75) is 53.1 Å². The number of unbranched alkanes of at least 4 members (excludes halogenated alkanes) is 1. The van der Waals surface area contributed by atoms with E-state index in [9.17, 15) is 4.79 Å². The summed E-state index contributed by atoms with van der Waals surface area (Å²) >= 11 is 0. The van der Waals surface area contributed by atoms with Crippen molar-refractivity contribution in [1.82, 2.24) is 0 Å². The molecule has 3 nitrogen and oxygen atoms in total. The molecule has 0 amide bonds. The quantitative estimate of drug-likeness (QED) is 0.677. The molecule has 0 aromatic carbocycles. The van der Waals surface area contributed by atoms with Gasteiger partial charge in [-0.25, -0.2) is 0 Å². The molecule has 0 aromatic rings. The van der Waals surface area contributed by atoms with Gasteiger partial charge in [-0.05, 0) is 33.7 Å². The SMILES string of the molecule is CC(=O)OC(C)(C)C.CCCCN. The number of carbonyl (C=O) groups excluding carboxylic acids is 1. The van der Waals surface area contributed by atoms with E-state index in [1.165, 1.54) is 19.8 Å². The lowest BCUT2D eigenvalue weighted by molar-refractivity contribution is -0.151. The molecule has 0 aliphatic carbocycles. The second kappa shape index (κ2) is 8.05. The molecule has 0 unspecified atom stereocenters. The van der Waals surface area contributed by atoms with Crippen molar-refractivity contribution in [3.63, 3.8) is 0 Å². The minimum atomic E-state index is -0.328. The summed E-state index contributed by atoms with van der Waals surface area (Å²) in [5.74, 6) is -0.225. The van der Waals surface area contributed by atoms with Gasteiger partial charge >= 0.3 is 5.97 Å². The summed E-state index contributed by atoms with van der Waals surface area (Å²) in [6, 6.07) is 0. The third-order valence-corrected chi connectivity index (χ3v) is 1.01. The minimum absolute atomic E-state index is 0.225. The van der Waals surface area contributed by atoms with Crippen LogP contribution in [0.5, 0.6) is 0 Å². The van der Waals surface area contributed by atoms with Crippen LogP contribution in [0.15, 0.2) is 0 Å². The number of esters is 1. The van der Waals surface area contributed by atoms with Crippen LogP contribution in [0.1, 0.15) is 47.5 Å². The monoisotopic (exact) mass is 189 g/mol. The van der Waals surface area contributed by atoms with Gasteiger partial charge in [-0.2, -0.15) is 0 Å². The maximum absolute atomic E-state index is 10.2. The first-order valence-corrected chi connectivity index (χ1v) is 4.73. The van der Waals surface area contributed by atoms with E-state index in [4.69, 9.17) is 10.5 Å². The maximum atomic E-state index is 10.2. The Morgan fingerprint density at radius 1 is 1.38 bits per heavy atom. The summed E-state index contributed by atoms with van der Waals surface area (Å²) in [4.78, 5) is 10.2. The summed E-state index contributed by atoms with van der Waals surface area (Å²) in [6.45, 7) is 9.91. The van der Waals surface area contributed by atoms with Crippen LogP contribution in [0.25, 0.3) is 0 Å². The second-order valence-corrected chi connectivity index (χ2v) is 3.85. The molecule has 0 radical (unpaired) electrons. The number of nitrogens with two attached hydrogens (primary N) is 1. The van der Waals surface area contributed by atoms with Crippen LogP contribution >= 0.6 is 0 Å². The van der Waals surface area contributed by atoms with Gasteiger partial charge in [-0.15, -0.1) is 0 Å². The largest absolute Gasteiger partial charge is 0.460 e. The Kier molecular flexibility index (Phi) is 9.24. The second-order valence-electron chi connectivity index (χ2n) is 3.85. The first kappa shape index (κ1) is 14.9. The average molecular weight is 189 g/mol. The fraction of sp³-hybridized carbons (Fsp3) is 0.900. The number of hydrogen-bond acceptors (Lipinski definition) is 3. The van der Waals surface area contributed by atoms with E-state index >= 15 is 0 Å². The zero-order chi connectivity index (χ0) is 10.9. The third kappa shape index (κ3) is 24.6. The van der Waals surface area contributed by atoms with Crippen molar-refractivity contribution in [2.24, 2.45) is 5.73 Å². The van der Waals surface area contributed by atoms with Gasteiger partial charge in [0, 0.05) is 6.92 Å². The predicted octanol–water partition coefficient (Wildman–Crippen LogP) is 2.09. The first-order chi connectivity index (χ1) is 5.83. The molecule has 0 spiro atoms. The normalized spacial score (nSPS) is 10.0. The Morgan fingerprint density at radius 3 is 1.85 bits per heavy atom. The Balaban J connectivity index is 0. The molecule has 3 heteroatoms. The van der Waals surface area contributed by atoms with Crippen molar-refractivity contribution in [2.75, 3.05) is 6.54 Å². The van der Waals surface area contributed by atoms with Crippen LogP contribution in [-0.4, -0.2) is 18.1 Å². The summed E-state index contributed by atoms with van der Waals surface area (Å²) in [6.07, 6.45) is 2.39. The zero-order valence-corrected chi connectivity index (χ0v) is 9.52. The number of carbonyl (C=O) groups is 1. The van der Waals surface area contributed by atoms with Crippen LogP contribution in [0.4, 0.5) is 0 Å². The molecule has 0 saturated heterocycles. The fourth-order valence-electron chi connectivity index (χ4n) is 0.635. The number of rotatable bonds is 2. The highest BCUT2D eigenvalue weighted by Crippen LogP contribution is 2.05. The molecule has 0 aromatic heterocycles. The minimum Gasteiger partial charge on any atom is -0.460 e. The Morgan fingerprint density at radius 2 is 1.85 bits per heavy atom. The van der Waals surface area contributed by atoms with E-state index in [1.807, 2.05) is 20.8 Å². The highest BCUT2D eigenvalue weighted by molar-refractivity contribution is 5.66. The van der Waals surface area contributed by atoms with Gasteiger partial charge in [-0.3, -0.25) is 4.79 Å². The van der Waals surface area contributed by atoms with E-state index in [-0.39, 0.29) is 11.6 Å². The molecular formula is C10H23NO2. The standard InChI is InChI=1S/C6H12O2.C4H11N/c1-5(7)8-6(2,3)4;1-2-3-4-5/h1-4H3;2-5H2,1H3. The van der Waals surface area contributed by atoms with Gasteiger partial charge in [0.1, 0.15) is 5.60 Å². The van der Waals surface area contributed by atoms with Crippen molar-refractivity contribution in [1.29, 1.82) is 0 Å². The van der Waals surface area contributed by atoms with Crippen molar-refractivity contribution in [3.05, 3.63) is 0 Å². The maximum Gasteiger partial charge on any atom is 0.303 e. The number of hydrogen-bond donors (Lipinski definition) is 1. The summed E-state index contributed by atoms with van der Waals surface area (Å²) in [5.41, 5.74) is 4.81. The first-order valence-electron chi connectivity index (χ1n) is 4.73. The smallest absolute Gasteiger partial charge is 0.303 e. The fourth-order valence-corrected chi connectivity index (χ4v) is 0.635. The molecule has 0 bridgehead atoms. The van der Waals surface area contributed by atoms with Crippen molar-refractivity contribution in [3.8, 4) is 0 Å². The summed E-state index contributed by atoms with van der Waals surface area (Å²) in [5, 5.41) is 0. The lowest BCUT2D eigenvalue weighted by Gasteiger charge is -2.17. The van der Waals surface area contributed by atoms with E-state index in [1.54, 1.807) is 0 Å². The molecular weight excluding hydrogens is 166 g/mol. The molecule has 0 aliphatic heterocycles. The van der Waals surface area contributed by atoms with Gasteiger partial charge < -0.3 is 10.5 Å². The van der Waals surface area contributed by atoms with Gasteiger partial charge in [0.05, 0.1) is 0 Å². The van der Waals surface area contributed by atoms with E-state index in [0.29, 0.717) is 0 Å². The Bertz CT molecular complexity index is 125. The molecule has 0 fully saturated rings. The van der Waals surface area contributed by atoms with Crippen LogP contribution in [-0.2, 0) is 9.53 Å². The molecule has 0 rings (SSSR count). The van der Waals surface area contributed by atoms with Crippen molar-refractivity contribution >= 4 is 5.97 Å². The highest BCUT2D eigenvalue weighted by Gasteiger charge is 2.11. The van der Waals surface area contributed by atoms with E-state index in [0.717, 1.165) is 6.54 Å². The van der Waals surface area contributed by atoms with Crippen molar-refractivity contribution < 1.29 is 9.53 Å². The zero-order valence-electron chi connectivity index (χ0n) is 9.52. The van der Waals surface area contributed by atoms with Gasteiger partial charge in [0.15, 0.2) is 0 Å². The van der Waals surface area contributed by atoms with Crippen LogP contribution in [0.3, 0.4) is 0 Å². The topological polar surface area (TPSA) is 52.3 Å². The van der Waals surface area contributed by atoms with Crippen LogP contribution < -0.4 is 5.73 Å². The Hall–Kier alpha value is -0.570. The third-order valence-electron chi connectivity index (χ3n) is 1.01. The molecule has 80 valence electrons.